The molecule has 0 fully saturated rings. The minimum atomic E-state index is -1.02. The number of phenols is 1. The Balaban J connectivity index is 2.18. The van der Waals surface area contributed by atoms with E-state index in [1.807, 2.05) is 0 Å². The normalized spacial score (nSPS) is 14.1. The maximum absolute atomic E-state index is 12.9. The van der Waals surface area contributed by atoms with E-state index < -0.39 is 24.3 Å². The van der Waals surface area contributed by atoms with Crippen LogP contribution in [0.5, 0.6) is 5.75 Å². The number of hydrogen-bond donors (Lipinski definition) is 4. The Bertz CT molecular complexity index is 849. The van der Waals surface area contributed by atoms with Gasteiger partial charge in [0.1, 0.15) is 5.75 Å². The van der Waals surface area contributed by atoms with Gasteiger partial charge in [-0.25, -0.2) is 0 Å². The molecule has 2 aromatic rings. The molecule has 0 saturated carbocycles. The zero-order chi connectivity index (χ0) is 17.4. The maximum Gasteiger partial charge on any atom is 0.198 e. The molecule has 4 N–H and O–H groups in total. The van der Waals surface area contributed by atoms with E-state index in [4.69, 9.17) is 5.11 Å². The van der Waals surface area contributed by atoms with Crippen molar-refractivity contribution >= 4 is 33.2 Å². The van der Waals surface area contributed by atoms with Gasteiger partial charge in [-0.05, 0) is 22.0 Å². The zero-order valence-electron chi connectivity index (χ0n) is 12.4. The highest BCUT2D eigenvalue weighted by Gasteiger charge is 2.35. The average molecular weight is 392 g/mol. The molecule has 1 unspecified atom stereocenters. The Kier molecular flexibility index (Phi) is 4.40. The van der Waals surface area contributed by atoms with E-state index >= 15 is 0 Å². The number of benzene rings is 2. The van der Waals surface area contributed by atoms with Crippen LogP contribution >= 0.6 is 15.9 Å². The third kappa shape index (κ3) is 2.60. The van der Waals surface area contributed by atoms with Gasteiger partial charge in [-0.1, -0.05) is 24.3 Å². The van der Waals surface area contributed by atoms with Crippen molar-refractivity contribution in [2.24, 2.45) is 0 Å². The van der Waals surface area contributed by atoms with Crippen LogP contribution in [-0.4, -0.2) is 46.1 Å². The van der Waals surface area contributed by atoms with E-state index in [9.17, 15) is 19.8 Å². The SMILES string of the molecule is O=C1c2ccccc2C(=O)c2c(NCC(O)CO)c(Br)cc(O)c21. The maximum atomic E-state index is 12.9. The zero-order valence-corrected chi connectivity index (χ0v) is 14.0. The summed E-state index contributed by atoms with van der Waals surface area (Å²) in [6.07, 6.45) is -1.02. The molecule has 0 amide bonds. The lowest BCUT2D eigenvalue weighted by atomic mass is 9.82. The van der Waals surface area contributed by atoms with Gasteiger partial charge in [0.15, 0.2) is 11.6 Å². The number of ketones is 2. The van der Waals surface area contributed by atoms with Crippen molar-refractivity contribution < 1.29 is 24.9 Å². The first kappa shape index (κ1) is 16.6. The fraction of sp³-hybridized carbons (Fsp3) is 0.176. The minimum Gasteiger partial charge on any atom is -0.507 e. The lowest BCUT2D eigenvalue weighted by molar-refractivity contribution is 0.0976. The van der Waals surface area contributed by atoms with Gasteiger partial charge < -0.3 is 20.6 Å². The Hall–Kier alpha value is -2.22. The number of aromatic hydroxyl groups is 1. The number of rotatable bonds is 4. The predicted molar refractivity (Wildman–Crippen MR) is 90.7 cm³/mol. The number of carbonyl (C=O) groups excluding carboxylic acids is 2. The van der Waals surface area contributed by atoms with Crippen molar-refractivity contribution in [3.8, 4) is 5.75 Å². The van der Waals surface area contributed by atoms with Crippen molar-refractivity contribution in [3.05, 3.63) is 57.1 Å². The molecule has 7 heteroatoms. The quantitative estimate of drug-likeness (QED) is 0.504. The largest absolute Gasteiger partial charge is 0.507 e. The first-order valence-corrected chi connectivity index (χ1v) is 8.01. The van der Waals surface area contributed by atoms with Crippen LogP contribution in [0.4, 0.5) is 5.69 Å². The average Bonchev–Trinajstić information content (AvgIpc) is 2.58. The molecule has 0 radical (unpaired) electrons. The molecule has 1 atom stereocenters. The number of halogens is 1. The van der Waals surface area contributed by atoms with E-state index in [0.29, 0.717) is 10.2 Å². The molecule has 124 valence electrons. The van der Waals surface area contributed by atoms with E-state index in [1.54, 1.807) is 24.3 Å². The fourth-order valence-electron chi connectivity index (χ4n) is 2.70. The summed E-state index contributed by atoms with van der Waals surface area (Å²) < 4.78 is 0.379. The number of carbonyl (C=O) groups is 2. The van der Waals surface area contributed by atoms with Gasteiger partial charge in [0.05, 0.1) is 29.5 Å². The second-order valence-electron chi connectivity index (χ2n) is 5.42. The fourth-order valence-corrected chi connectivity index (χ4v) is 3.25. The van der Waals surface area contributed by atoms with Crippen LogP contribution in [0.3, 0.4) is 0 Å². The lowest BCUT2D eigenvalue weighted by Gasteiger charge is -2.23. The third-order valence-corrected chi connectivity index (χ3v) is 4.48. The summed E-state index contributed by atoms with van der Waals surface area (Å²) in [5.74, 6) is -1.12. The van der Waals surface area contributed by atoms with Crippen LogP contribution in [0.2, 0.25) is 0 Å². The Labute approximate surface area is 145 Å². The second kappa shape index (κ2) is 6.35. The van der Waals surface area contributed by atoms with Crippen LogP contribution in [0.15, 0.2) is 34.8 Å². The monoisotopic (exact) mass is 391 g/mol. The standard InChI is InChI=1S/C17H14BrNO5/c18-11-5-12(22)13-14(15(11)19-6-8(21)7-20)17(24)10-4-2-1-3-9(10)16(13)23/h1-5,8,19-22H,6-7H2. The van der Waals surface area contributed by atoms with Crippen LogP contribution < -0.4 is 5.32 Å². The number of phenolic OH excluding ortho intramolecular Hbond substituents is 1. The molecule has 0 spiro atoms. The molecular weight excluding hydrogens is 378 g/mol. The van der Waals surface area contributed by atoms with E-state index in [0.717, 1.165) is 0 Å². The summed E-state index contributed by atoms with van der Waals surface area (Å²) in [6, 6.07) is 7.74. The van der Waals surface area contributed by atoms with Crippen LogP contribution in [0.1, 0.15) is 31.8 Å². The summed E-state index contributed by atoms with van der Waals surface area (Å²) in [4.78, 5) is 25.5. The van der Waals surface area contributed by atoms with Crippen LogP contribution in [0.25, 0.3) is 0 Å². The molecule has 1 aliphatic carbocycles. The molecular formula is C17H14BrNO5. The van der Waals surface area contributed by atoms with Crippen LogP contribution in [-0.2, 0) is 0 Å². The summed E-state index contributed by atoms with van der Waals surface area (Å²) >= 11 is 3.26. The summed E-state index contributed by atoms with van der Waals surface area (Å²) in [5.41, 5.74) is 0.786. The number of hydrogen-bond acceptors (Lipinski definition) is 6. The van der Waals surface area contributed by atoms with Gasteiger partial charge >= 0.3 is 0 Å². The van der Waals surface area contributed by atoms with Crippen molar-refractivity contribution in [1.29, 1.82) is 0 Å². The number of aliphatic hydroxyl groups excluding tert-OH is 2. The first-order chi connectivity index (χ1) is 11.5. The minimum absolute atomic E-state index is 0.0184. The van der Waals surface area contributed by atoms with Crippen molar-refractivity contribution in [2.75, 3.05) is 18.5 Å². The van der Waals surface area contributed by atoms with Gasteiger partial charge in [-0.3, -0.25) is 9.59 Å². The molecule has 0 bridgehead atoms. The molecule has 2 aromatic carbocycles. The topological polar surface area (TPSA) is 107 Å². The van der Waals surface area contributed by atoms with Crippen molar-refractivity contribution in [1.82, 2.24) is 0 Å². The highest BCUT2D eigenvalue weighted by atomic mass is 79.9. The van der Waals surface area contributed by atoms with Crippen molar-refractivity contribution in [2.45, 2.75) is 6.10 Å². The number of fused-ring (bicyclic) bond motifs is 2. The molecule has 24 heavy (non-hydrogen) atoms. The molecule has 1 aliphatic rings. The van der Waals surface area contributed by atoms with E-state index in [-0.39, 0.29) is 34.5 Å². The van der Waals surface area contributed by atoms with Crippen molar-refractivity contribution in [3.63, 3.8) is 0 Å². The smallest absolute Gasteiger partial charge is 0.198 e. The summed E-state index contributed by atoms with van der Waals surface area (Å²) in [6.45, 7) is -0.462. The summed E-state index contributed by atoms with van der Waals surface area (Å²) in [5, 5.41) is 31.5. The highest BCUT2D eigenvalue weighted by Crippen LogP contribution is 2.41. The molecule has 6 nitrogen and oxygen atoms in total. The lowest BCUT2D eigenvalue weighted by Crippen LogP contribution is -2.27. The molecule has 0 aliphatic heterocycles. The second-order valence-corrected chi connectivity index (χ2v) is 6.28. The Morgan fingerprint density at radius 1 is 1.08 bits per heavy atom. The number of nitrogens with one attached hydrogen (secondary N) is 1. The van der Waals surface area contributed by atoms with Gasteiger partial charge in [0.2, 0.25) is 0 Å². The molecule has 0 saturated heterocycles. The van der Waals surface area contributed by atoms with E-state index in [2.05, 4.69) is 21.2 Å². The van der Waals surface area contributed by atoms with E-state index in [1.165, 1.54) is 6.07 Å². The highest BCUT2D eigenvalue weighted by molar-refractivity contribution is 9.10. The molecule has 3 rings (SSSR count). The van der Waals surface area contributed by atoms with Gasteiger partial charge in [-0.15, -0.1) is 0 Å². The molecule has 0 aromatic heterocycles. The van der Waals surface area contributed by atoms with Gasteiger partial charge in [-0.2, -0.15) is 0 Å². The Morgan fingerprint density at radius 3 is 2.25 bits per heavy atom. The third-order valence-electron chi connectivity index (χ3n) is 3.85. The van der Waals surface area contributed by atoms with Gasteiger partial charge in [0, 0.05) is 22.1 Å². The van der Waals surface area contributed by atoms with Crippen LogP contribution in [0, 0.1) is 0 Å². The summed E-state index contributed by atoms with van der Waals surface area (Å²) in [7, 11) is 0. The van der Waals surface area contributed by atoms with Gasteiger partial charge in [0.25, 0.3) is 0 Å². The predicted octanol–water partition coefficient (Wildman–Crippen LogP) is 1.70. The first-order valence-electron chi connectivity index (χ1n) is 7.22. The number of aliphatic hydroxyl groups is 2. The Morgan fingerprint density at radius 2 is 1.67 bits per heavy atom. The number of anilines is 1. The molecule has 0 heterocycles.